The lowest BCUT2D eigenvalue weighted by Gasteiger charge is -2.27. The molecule has 1 atom stereocenters. The summed E-state index contributed by atoms with van der Waals surface area (Å²) in [7, 11) is 0. The predicted molar refractivity (Wildman–Crippen MR) is 79.6 cm³/mol. The average Bonchev–Trinajstić information content (AvgIpc) is 2.28. The Morgan fingerprint density at radius 1 is 1.21 bits per heavy atom. The molecule has 0 aliphatic heterocycles. The molecule has 0 saturated carbocycles. The van der Waals surface area contributed by atoms with E-state index in [1.54, 1.807) is 20.8 Å². The van der Waals surface area contributed by atoms with E-state index in [-0.39, 0.29) is 0 Å². The van der Waals surface area contributed by atoms with Crippen molar-refractivity contribution in [1.82, 2.24) is 10.6 Å². The van der Waals surface area contributed by atoms with Crippen molar-refractivity contribution >= 4 is 23.8 Å². The zero-order valence-electron chi connectivity index (χ0n) is 12.3. The average molecular weight is 290 g/mol. The number of carboxylic acids is 1. The molecule has 2 amide bonds. The van der Waals surface area contributed by atoms with E-state index < -0.39 is 23.5 Å². The highest BCUT2D eigenvalue weighted by Crippen LogP contribution is 2.19. The molecule has 3 N–H and O–H groups in total. The molecule has 0 aromatic carbocycles. The number of aliphatic carboxylic acids is 1. The zero-order chi connectivity index (χ0) is 14.9. The van der Waals surface area contributed by atoms with Crippen molar-refractivity contribution in [2.45, 2.75) is 46.1 Å². The topological polar surface area (TPSA) is 78.4 Å². The van der Waals surface area contributed by atoms with E-state index in [1.807, 2.05) is 11.8 Å². The van der Waals surface area contributed by atoms with Gasteiger partial charge in [0.1, 0.15) is 6.04 Å². The van der Waals surface area contributed by atoms with Crippen molar-refractivity contribution in [2.75, 3.05) is 18.6 Å². The molecule has 0 spiro atoms. The van der Waals surface area contributed by atoms with Gasteiger partial charge in [0.15, 0.2) is 0 Å². The van der Waals surface area contributed by atoms with Crippen LogP contribution in [0.15, 0.2) is 0 Å². The summed E-state index contributed by atoms with van der Waals surface area (Å²) >= 11 is 1.82. The Bertz CT molecular complexity index is 290. The molecule has 0 saturated heterocycles. The molecule has 0 fully saturated rings. The number of thioether (sulfide) groups is 1. The van der Waals surface area contributed by atoms with Crippen LogP contribution in [0.2, 0.25) is 0 Å². The van der Waals surface area contributed by atoms with Gasteiger partial charge in [-0.3, -0.25) is 0 Å². The molecular weight excluding hydrogens is 264 g/mol. The summed E-state index contributed by atoms with van der Waals surface area (Å²) in [6, 6.07) is -1.30. The van der Waals surface area contributed by atoms with Crippen molar-refractivity contribution in [1.29, 1.82) is 0 Å². The third kappa shape index (κ3) is 8.75. The van der Waals surface area contributed by atoms with Gasteiger partial charge in [0.25, 0.3) is 0 Å². The lowest BCUT2D eigenvalue weighted by atomic mass is 9.87. The second-order valence-corrected chi connectivity index (χ2v) is 6.58. The minimum atomic E-state index is -1.01. The van der Waals surface area contributed by atoms with Gasteiger partial charge >= 0.3 is 12.0 Å². The fourth-order valence-corrected chi connectivity index (χ4v) is 2.07. The summed E-state index contributed by atoms with van der Waals surface area (Å²) in [6.45, 7) is 5.94. The molecule has 1 unspecified atom stereocenters. The van der Waals surface area contributed by atoms with Crippen LogP contribution in [-0.2, 0) is 4.79 Å². The van der Waals surface area contributed by atoms with Gasteiger partial charge in [-0.15, -0.1) is 0 Å². The summed E-state index contributed by atoms with van der Waals surface area (Å²) < 4.78 is 0. The Kier molecular flexibility index (Phi) is 8.63. The van der Waals surface area contributed by atoms with Crippen LogP contribution >= 0.6 is 11.8 Å². The minimum Gasteiger partial charge on any atom is -0.480 e. The first-order chi connectivity index (χ1) is 8.79. The largest absolute Gasteiger partial charge is 0.480 e. The third-order valence-corrected chi connectivity index (χ3v) is 3.40. The molecule has 0 rings (SSSR count). The van der Waals surface area contributed by atoms with Crippen LogP contribution in [0.3, 0.4) is 0 Å². The first kappa shape index (κ1) is 18.1. The zero-order valence-corrected chi connectivity index (χ0v) is 13.1. The summed E-state index contributed by atoms with van der Waals surface area (Å²) in [6.07, 6.45) is 5.21. The number of hydrogen-bond acceptors (Lipinski definition) is 3. The Hall–Kier alpha value is -0.910. The van der Waals surface area contributed by atoms with Crippen molar-refractivity contribution in [3.63, 3.8) is 0 Å². The first-order valence-corrected chi connectivity index (χ1v) is 7.94. The van der Waals surface area contributed by atoms with Crippen LogP contribution in [0.1, 0.15) is 40.0 Å². The van der Waals surface area contributed by atoms with Gasteiger partial charge in [-0.1, -0.05) is 27.2 Å². The normalized spacial score (nSPS) is 12.8. The maximum Gasteiger partial charge on any atom is 0.326 e. The number of hydrogen-bond donors (Lipinski definition) is 3. The monoisotopic (exact) mass is 290 g/mol. The number of carbonyl (C=O) groups is 2. The van der Waals surface area contributed by atoms with Gasteiger partial charge < -0.3 is 15.7 Å². The maximum absolute atomic E-state index is 11.6. The van der Waals surface area contributed by atoms with Gasteiger partial charge in [-0.25, -0.2) is 9.59 Å². The summed E-state index contributed by atoms with van der Waals surface area (Å²) in [5.41, 5.74) is -0.512. The van der Waals surface area contributed by atoms with Crippen molar-refractivity contribution in [3.8, 4) is 0 Å². The third-order valence-electron chi connectivity index (χ3n) is 2.70. The number of nitrogens with one attached hydrogen (secondary N) is 2. The number of carboxylic acid groups (broad SMARTS) is 1. The van der Waals surface area contributed by atoms with Crippen LogP contribution in [0.5, 0.6) is 0 Å². The number of urea groups is 1. The molecule has 0 bridgehead atoms. The fourth-order valence-electron chi connectivity index (χ4n) is 1.58. The smallest absolute Gasteiger partial charge is 0.326 e. The second kappa shape index (κ2) is 9.07. The van der Waals surface area contributed by atoms with E-state index in [2.05, 4.69) is 16.9 Å². The highest BCUT2D eigenvalue weighted by Gasteiger charge is 2.32. The Labute approximate surface area is 119 Å². The quantitative estimate of drug-likeness (QED) is 0.599. The molecule has 112 valence electrons. The molecular formula is C13H26N2O3S. The van der Waals surface area contributed by atoms with E-state index in [9.17, 15) is 9.59 Å². The SMILES string of the molecule is CSCCCCCNC(=O)NC(C(=O)O)C(C)(C)C. The molecule has 0 aliphatic rings. The summed E-state index contributed by atoms with van der Waals surface area (Å²) in [5, 5.41) is 14.3. The van der Waals surface area contributed by atoms with Gasteiger partial charge in [0.05, 0.1) is 0 Å². The van der Waals surface area contributed by atoms with Crippen molar-refractivity contribution < 1.29 is 14.7 Å². The van der Waals surface area contributed by atoms with Gasteiger partial charge in [0.2, 0.25) is 0 Å². The second-order valence-electron chi connectivity index (χ2n) is 5.59. The van der Waals surface area contributed by atoms with Crippen LogP contribution < -0.4 is 10.6 Å². The van der Waals surface area contributed by atoms with Gasteiger partial charge in [0, 0.05) is 6.54 Å². The Morgan fingerprint density at radius 2 is 1.84 bits per heavy atom. The van der Waals surface area contributed by atoms with Crippen LogP contribution in [0.25, 0.3) is 0 Å². The van der Waals surface area contributed by atoms with Gasteiger partial charge in [-0.2, -0.15) is 11.8 Å². The van der Waals surface area contributed by atoms with Gasteiger partial charge in [-0.05, 0) is 30.3 Å². The minimum absolute atomic E-state index is 0.410. The van der Waals surface area contributed by atoms with E-state index in [0.717, 1.165) is 25.0 Å². The highest BCUT2D eigenvalue weighted by atomic mass is 32.2. The molecule has 19 heavy (non-hydrogen) atoms. The maximum atomic E-state index is 11.6. The lowest BCUT2D eigenvalue weighted by Crippen LogP contribution is -2.52. The Morgan fingerprint density at radius 3 is 2.32 bits per heavy atom. The van der Waals surface area contributed by atoms with E-state index in [1.165, 1.54) is 0 Å². The molecule has 0 aromatic heterocycles. The Balaban J connectivity index is 3.92. The van der Waals surface area contributed by atoms with Crippen LogP contribution in [0, 0.1) is 5.41 Å². The standard InChI is InChI=1S/C13H26N2O3S/c1-13(2,3)10(11(16)17)15-12(18)14-8-6-5-7-9-19-4/h10H,5-9H2,1-4H3,(H,16,17)(H2,14,15,18). The van der Waals surface area contributed by atoms with Crippen LogP contribution in [-0.4, -0.2) is 41.7 Å². The predicted octanol–water partition coefficient (Wildman–Crippen LogP) is 2.32. The molecule has 0 aliphatic carbocycles. The first-order valence-electron chi connectivity index (χ1n) is 6.55. The molecule has 6 heteroatoms. The fraction of sp³-hybridized carbons (Fsp3) is 0.846. The number of rotatable bonds is 8. The molecule has 5 nitrogen and oxygen atoms in total. The van der Waals surface area contributed by atoms with Crippen molar-refractivity contribution in [3.05, 3.63) is 0 Å². The highest BCUT2D eigenvalue weighted by molar-refractivity contribution is 7.98. The van der Waals surface area contributed by atoms with E-state index in [0.29, 0.717) is 6.54 Å². The summed E-state index contributed by atoms with van der Waals surface area (Å²) in [5.74, 6) is 0.125. The number of amides is 2. The van der Waals surface area contributed by atoms with E-state index >= 15 is 0 Å². The van der Waals surface area contributed by atoms with E-state index in [4.69, 9.17) is 5.11 Å². The molecule has 0 radical (unpaired) electrons. The van der Waals surface area contributed by atoms with Crippen molar-refractivity contribution in [2.24, 2.45) is 5.41 Å². The lowest BCUT2D eigenvalue weighted by molar-refractivity contribution is -0.141. The number of unbranched alkanes of at least 4 members (excludes halogenated alkanes) is 2. The summed E-state index contributed by atoms with van der Waals surface area (Å²) in [4.78, 5) is 22.7. The molecule has 0 heterocycles. The molecule has 0 aromatic rings. The number of carbonyl (C=O) groups excluding carboxylic acids is 1. The van der Waals surface area contributed by atoms with Crippen LogP contribution in [0.4, 0.5) is 4.79 Å².